The second-order valence-corrected chi connectivity index (χ2v) is 3.36. The van der Waals surface area contributed by atoms with Crippen LogP contribution in [0.5, 0.6) is 0 Å². The summed E-state index contributed by atoms with van der Waals surface area (Å²) in [6.45, 7) is 7.34. The zero-order valence-electron chi connectivity index (χ0n) is 7.18. The molecule has 11 heavy (non-hydrogen) atoms. The maximum atomic E-state index is 5.45. The second kappa shape index (κ2) is 3.77. The Morgan fingerprint density at radius 3 is 2.82 bits per heavy atom. The highest BCUT2D eigenvalue weighted by Crippen LogP contribution is 2.29. The van der Waals surface area contributed by atoms with Crippen LogP contribution in [-0.4, -0.2) is 13.2 Å². The van der Waals surface area contributed by atoms with E-state index in [-0.39, 0.29) is 0 Å². The Balaban J connectivity index is 2.08. The molecule has 2 heteroatoms. The lowest BCUT2D eigenvalue weighted by molar-refractivity contribution is 0.173. The summed E-state index contributed by atoms with van der Waals surface area (Å²) in [5.74, 6) is 1.95. The maximum absolute atomic E-state index is 5.45. The Labute approximate surface area is 68.4 Å². The smallest absolute Gasteiger partial charge is 0.0929 e. The van der Waals surface area contributed by atoms with Crippen molar-refractivity contribution >= 4 is 0 Å². The molecule has 0 radical (unpaired) electrons. The van der Waals surface area contributed by atoms with E-state index in [0.717, 1.165) is 18.3 Å². The Morgan fingerprint density at radius 2 is 2.36 bits per heavy atom. The largest absolute Gasteiger partial charge is 0.498 e. The van der Waals surface area contributed by atoms with Gasteiger partial charge in [-0.25, -0.2) is 0 Å². The number of ether oxygens (including phenoxy) is 1. The minimum Gasteiger partial charge on any atom is -0.498 e. The van der Waals surface area contributed by atoms with E-state index in [1.165, 1.54) is 12.8 Å². The SMILES string of the molecule is C=C(OCC1CC1)C(C)CN. The quantitative estimate of drug-likeness (QED) is 0.611. The van der Waals surface area contributed by atoms with Crippen LogP contribution in [0.3, 0.4) is 0 Å². The summed E-state index contributed by atoms with van der Waals surface area (Å²) >= 11 is 0. The predicted octanol–water partition coefficient (Wildman–Crippen LogP) is 1.52. The van der Waals surface area contributed by atoms with Gasteiger partial charge in [0.25, 0.3) is 0 Å². The van der Waals surface area contributed by atoms with E-state index in [4.69, 9.17) is 10.5 Å². The monoisotopic (exact) mass is 155 g/mol. The average molecular weight is 155 g/mol. The van der Waals surface area contributed by atoms with Gasteiger partial charge < -0.3 is 10.5 Å². The minimum atomic E-state index is 0.300. The van der Waals surface area contributed by atoms with E-state index in [9.17, 15) is 0 Å². The average Bonchev–Trinajstić information content (AvgIpc) is 2.81. The fraction of sp³-hybridized carbons (Fsp3) is 0.778. The lowest BCUT2D eigenvalue weighted by Gasteiger charge is -2.13. The van der Waals surface area contributed by atoms with Gasteiger partial charge in [-0.1, -0.05) is 13.5 Å². The first-order valence-electron chi connectivity index (χ1n) is 4.25. The van der Waals surface area contributed by atoms with Crippen LogP contribution in [0.15, 0.2) is 12.3 Å². The van der Waals surface area contributed by atoms with Crippen molar-refractivity contribution in [2.75, 3.05) is 13.2 Å². The molecule has 1 saturated carbocycles. The van der Waals surface area contributed by atoms with E-state index in [1.807, 2.05) is 6.92 Å². The van der Waals surface area contributed by atoms with Crippen molar-refractivity contribution in [3.8, 4) is 0 Å². The number of hydrogen-bond donors (Lipinski definition) is 1. The Kier molecular flexibility index (Phi) is 2.94. The molecule has 0 amide bonds. The fourth-order valence-corrected chi connectivity index (χ4v) is 0.783. The molecule has 1 atom stereocenters. The van der Waals surface area contributed by atoms with Crippen LogP contribution in [0.2, 0.25) is 0 Å². The first-order chi connectivity index (χ1) is 5.24. The van der Waals surface area contributed by atoms with Gasteiger partial charge in [0.1, 0.15) is 0 Å². The molecule has 1 fully saturated rings. The molecule has 2 N–H and O–H groups in total. The van der Waals surface area contributed by atoms with Crippen molar-refractivity contribution < 1.29 is 4.74 Å². The van der Waals surface area contributed by atoms with Gasteiger partial charge in [0.05, 0.1) is 12.4 Å². The van der Waals surface area contributed by atoms with E-state index in [1.54, 1.807) is 0 Å². The molecule has 2 nitrogen and oxygen atoms in total. The van der Waals surface area contributed by atoms with Gasteiger partial charge in [-0.2, -0.15) is 0 Å². The Hall–Kier alpha value is -0.500. The summed E-state index contributed by atoms with van der Waals surface area (Å²) in [6.07, 6.45) is 2.65. The summed E-state index contributed by atoms with van der Waals surface area (Å²) in [5, 5.41) is 0. The highest BCUT2D eigenvalue weighted by atomic mass is 16.5. The number of hydrogen-bond acceptors (Lipinski definition) is 2. The van der Waals surface area contributed by atoms with Crippen LogP contribution < -0.4 is 5.73 Å². The summed E-state index contributed by atoms with van der Waals surface area (Å²) < 4.78 is 5.44. The van der Waals surface area contributed by atoms with Crippen molar-refractivity contribution in [3.05, 3.63) is 12.3 Å². The molecule has 64 valence electrons. The maximum Gasteiger partial charge on any atom is 0.0929 e. The number of rotatable bonds is 5. The molecule has 0 heterocycles. The molecule has 0 aromatic heterocycles. The van der Waals surface area contributed by atoms with Crippen molar-refractivity contribution in [2.45, 2.75) is 19.8 Å². The van der Waals surface area contributed by atoms with Gasteiger partial charge in [-0.3, -0.25) is 0 Å². The third-order valence-electron chi connectivity index (χ3n) is 2.10. The van der Waals surface area contributed by atoms with Gasteiger partial charge in [-0.15, -0.1) is 0 Å². The van der Waals surface area contributed by atoms with Crippen molar-refractivity contribution in [1.82, 2.24) is 0 Å². The van der Waals surface area contributed by atoms with Crippen molar-refractivity contribution in [2.24, 2.45) is 17.6 Å². The molecule has 0 spiro atoms. The Bertz CT molecular complexity index is 140. The van der Waals surface area contributed by atoms with Crippen LogP contribution in [-0.2, 0) is 4.74 Å². The standard InChI is InChI=1S/C9H17NO/c1-7(5-10)8(2)11-6-9-3-4-9/h7,9H,2-6,10H2,1H3. The third kappa shape index (κ3) is 2.93. The van der Waals surface area contributed by atoms with Crippen LogP contribution in [0.1, 0.15) is 19.8 Å². The van der Waals surface area contributed by atoms with Crippen molar-refractivity contribution in [1.29, 1.82) is 0 Å². The molecular weight excluding hydrogens is 138 g/mol. The fourth-order valence-electron chi connectivity index (χ4n) is 0.783. The lowest BCUT2D eigenvalue weighted by Crippen LogP contribution is -2.14. The zero-order valence-corrected chi connectivity index (χ0v) is 7.18. The first-order valence-corrected chi connectivity index (χ1v) is 4.25. The van der Waals surface area contributed by atoms with E-state index in [2.05, 4.69) is 6.58 Å². The summed E-state index contributed by atoms with van der Waals surface area (Å²) in [7, 11) is 0. The first kappa shape index (κ1) is 8.60. The minimum absolute atomic E-state index is 0.300. The van der Waals surface area contributed by atoms with E-state index >= 15 is 0 Å². The van der Waals surface area contributed by atoms with Gasteiger partial charge in [-0.05, 0) is 18.8 Å². The summed E-state index contributed by atoms with van der Waals surface area (Å²) in [5.41, 5.74) is 5.45. The highest BCUT2D eigenvalue weighted by molar-refractivity contribution is 4.90. The van der Waals surface area contributed by atoms with Crippen LogP contribution in [0.25, 0.3) is 0 Å². The van der Waals surface area contributed by atoms with Gasteiger partial charge in [0.15, 0.2) is 0 Å². The molecule has 0 saturated heterocycles. The molecular formula is C9H17NO. The normalized spacial score (nSPS) is 19.5. The molecule has 0 bridgehead atoms. The molecule has 0 aromatic carbocycles. The van der Waals surface area contributed by atoms with Crippen molar-refractivity contribution in [3.63, 3.8) is 0 Å². The summed E-state index contributed by atoms with van der Waals surface area (Å²) in [6, 6.07) is 0. The highest BCUT2D eigenvalue weighted by Gasteiger charge is 2.22. The predicted molar refractivity (Wildman–Crippen MR) is 46.0 cm³/mol. The molecule has 1 unspecified atom stereocenters. The molecule has 1 aliphatic carbocycles. The van der Waals surface area contributed by atoms with Gasteiger partial charge in [0, 0.05) is 12.5 Å². The number of nitrogens with two attached hydrogens (primary N) is 1. The van der Waals surface area contributed by atoms with Gasteiger partial charge >= 0.3 is 0 Å². The van der Waals surface area contributed by atoms with Crippen LogP contribution >= 0.6 is 0 Å². The van der Waals surface area contributed by atoms with Crippen LogP contribution in [0.4, 0.5) is 0 Å². The molecule has 0 aromatic rings. The zero-order chi connectivity index (χ0) is 8.27. The van der Waals surface area contributed by atoms with Crippen LogP contribution in [0, 0.1) is 11.8 Å². The topological polar surface area (TPSA) is 35.2 Å². The summed E-state index contributed by atoms with van der Waals surface area (Å²) in [4.78, 5) is 0. The van der Waals surface area contributed by atoms with Gasteiger partial charge in [0.2, 0.25) is 0 Å². The third-order valence-corrected chi connectivity index (χ3v) is 2.10. The molecule has 1 aliphatic rings. The second-order valence-electron chi connectivity index (χ2n) is 3.36. The molecule has 1 rings (SSSR count). The Morgan fingerprint density at radius 1 is 1.73 bits per heavy atom. The lowest BCUT2D eigenvalue weighted by atomic mass is 10.1. The van der Waals surface area contributed by atoms with E-state index < -0.39 is 0 Å². The van der Waals surface area contributed by atoms with E-state index in [0.29, 0.717) is 12.5 Å². The molecule has 0 aliphatic heterocycles.